The fraction of sp³-hybridized carbons (Fsp3) is 0.346. The lowest BCUT2D eigenvalue weighted by molar-refractivity contribution is -0.136. The van der Waals surface area contributed by atoms with Crippen LogP contribution in [0, 0.1) is 5.92 Å². The van der Waals surface area contributed by atoms with Crippen molar-refractivity contribution in [1.82, 2.24) is 10.2 Å². The predicted molar refractivity (Wildman–Crippen MR) is 116 cm³/mol. The Kier molecular flexibility index (Phi) is 11.8. The zero-order valence-electron chi connectivity index (χ0n) is 17.7. The largest absolute Gasteiger partial charge is 0.353 e. The fourth-order valence-electron chi connectivity index (χ4n) is 2.62. The van der Waals surface area contributed by atoms with E-state index in [-0.39, 0.29) is 17.7 Å². The molecule has 0 spiro atoms. The average molecular weight is 409 g/mol. The normalized spacial score (nSPS) is 12.8. The molecule has 0 bridgehead atoms. The number of amides is 2. The van der Waals surface area contributed by atoms with E-state index in [1.165, 1.54) is 0 Å². The van der Waals surface area contributed by atoms with Crippen molar-refractivity contribution in [2.45, 2.75) is 32.7 Å². The van der Waals surface area contributed by atoms with Gasteiger partial charge in [-0.2, -0.15) is 0 Å². The molecule has 0 aromatic heterocycles. The molecule has 0 aromatic rings. The minimum Gasteiger partial charge on any atom is -0.353 e. The van der Waals surface area contributed by atoms with E-state index >= 15 is 0 Å². The molecular weight excluding hydrogens is 386 g/mol. The van der Waals surface area contributed by atoms with Gasteiger partial charge in [0.2, 0.25) is 5.91 Å². The summed E-state index contributed by atoms with van der Waals surface area (Å²) >= 11 is 0. The molecule has 0 saturated carbocycles. The fourth-order valence-corrected chi connectivity index (χ4v) is 2.62. The van der Waals surface area contributed by atoms with Gasteiger partial charge >= 0.3 is 0 Å². The van der Waals surface area contributed by atoms with Gasteiger partial charge in [-0.15, -0.1) is 0 Å². The molecule has 5 heteroatoms. The van der Waals surface area contributed by atoms with Gasteiger partial charge in [-0.3, -0.25) is 9.59 Å². The smallest absolute Gasteiger partial charge is 0.259 e. The molecular formula is C26H23N3O2. The standard InChI is InChI=1S/C26H23N3O2/c1-4-5-6-7-8-9-10-11-12-13-14-15-17-23(22(2)3)26(31)29-21-16-18-24(29)25(30)28-20-19-27/h22,24H,1,16,18-21,27H2,2-3H3,(H,28,30). The van der Waals surface area contributed by atoms with Crippen LogP contribution in [-0.2, 0) is 9.59 Å². The van der Waals surface area contributed by atoms with E-state index in [2.05, 4.69) is 86.4 Å². The first-order valence-corrected chi connectivity index (χ1v) is 9.71. The third-order valence-electron chi connectivity index (χ3n) is 3.98. The molecule has 1 fully saturated rings. The number of nitrogens with two attached hydrogens (primary N) is 1. The van der Waals surface area contributed by atoms with E-state index in [9.17, 15) is 9.59 Å². The zero-order chi connectivity index (χ0) is 22.9. The first kappa shape index (κ1) is 24.8. The molecule has 31 heavy (non-hydrogen) atoms. The van der Waals surface area contributed by atoms with Crippen LogP contribution < -0.4 is 11.1 Å². The first-order chi connectivity index (χ1) is 15.0. The zero-order valence-corrected chi connectivity index (χ0v) is 17.7. The summed E-state index contributed by atoms with van der Waals surface area (Å²) in [4.78, 5) is 26.9. The second-order valence-electron chi connectivity index (χ2n) is 6.48. The van der Waals surface area contributed by atoms with Gasteiger partial charge in [-0.1, -0.05) is 25.3 Å². The number of hydrogen-bond donors (Lipinski definition) is 2. The van der Waals surface area contributed by atoms with E-state index in [0.29, 0.717) is 31.6 Å². The minimum atomic E-state index is -0.492. The third kappa shape index (κ3) is 9.21. The molecule has 154 valence electrons. The highest BCUT2D eigenvalue weighted by atomic mass is 16.2. The summed E-state index contributed by atoms with van der Waals surface area (Å²) in [6.45, 7) is 8.33. The van der Waals surface area contributed by atoms with E-state index in [1.807, 2.05) is 13.8 Å². The Balaban J connectivity index is 3.27. The molecule has 0 aromatic carbocycles. The number of likely N-dealkylation sites (tertiary alicyclic amines) is 1. The Morgan fingerprint density at radius 1 is 1.00 bits per heavy atom. The van der Waals surface area contributed by atoms with Crippen molar-refractivity contribution >= 4 is 11.8 Å². The van der Waals surface area contributed by atoms with E-state index in [1.54, 1.807) is 4.90 Å². The van der Waals surface area contributed by atoms with E-state index in [4.69, 9.17) is 5.73 Å². The van der Waals surface area contributed by atoms with Crippen LogP contribution in [0.5, 0.6) is 0 Å². The van der Waals surface area contributed by atoms with Crippen LogP contribution in [-0.4, -0.2) is 42.4 Å². The maximum Gasteiger partial charge on any atom is 0.259 e. The summed E-state index contributed by atoms with van der Waals surface area (Å²) in [5.74, 6) is -0.519. The SMILES string of the molecule is C=C=C=C=C=C=C=C=C=C=C=C=C=C=C(C(=O)N1CCCC1C(=O)NCCN)C(C)C. The topological polar surface area (TPSA) is 75.4 Å². The Hall–Kier alpha value is -4.22. The Bertz CT molecular complexity index is 1200. The maximum absolute atomic E-state index is 13.0. The molecule has 1 heterocycles. The molecule has 1 aliphatic rings. The van der Waals surface area contributed by atoms with Crippen molar-refractivity contribution in [2.24, 2.45) is 11.7 Å². The quantitative estimate of drug-likeness (QED) is 0.540. The molecule has 5 nitrogen and oxygen atoms in total. The number of nitrogens with one attached hydrogen (secondary N) is 1. The van der Waals surface area contributed by atoms with Crippen LogP contribution >= 0.6 is 0 Å². The van der Waals surface area contributed by atoms with E-state index in [0.717, 1.165) is 6.42 Å². The third-order valence-corrected chi connectivity index (χ3v) is 3.98. The molecule has 1 unspecified atom stereocenters. The maximum atomic E-state index is 13.0. The summed E-state index contributed by atoms with van der Waals surface area (Å²) in [6, 6.07) is -0.492. The highest BCUT2D eigenvalue weighted by Gasteiger charge is 2.35. The van der Waals surface area contributed by atoms with Gasteiger partial charge in [0.25, 0.3) is 5.91 Å². The summed E-state index contributed by atoms with van der Waals surface area (Å²) in [5.41, 5.74) is 38.8. The monoisotopic (exact) mass is 409 g/mol. The summed E-state index contributed by atoms with van der Waals surface area (Å²) in [7, 11) is 0. The lowest BCUT2D eigenvalue weighted by Gasteiger charge is -2.25. The summed E-state index contributed by atoms with van der Waals surface area (Å²) in [6.07, 6.45) is 1.40. The summed E-state index contributed by atoms with van der Waals surface area (Å²) < 4.78 is 0. The second-order valence-corrected chi connectivity index (χ2v) is 6.48. The lowest BCUT2D eigenvalue weighted by atomic mass is 10.0. The van der Waals surface area contributed by atoms with Crippen molar-refractivity contribution in [3.05, 3.63) is 86.7 Å². The Morgan fingerprint density at radius 3 is 2.06 bits per heavy atom. The molecule has 1 rings (SSSR count). The van der Waals surface area contributed by atoms with Gasteiger partial charge in [0.05, 0.1) is 5.57 Å². The van der Waals surface area contributed by atoms with Crippen LogP contribution in [0.15, 0.2) is 86.7 Å². The van der Waals surface area contributed by atoms with Crippen molar-refractivity contribution in [3.8, 4) is 0 Å². The molecule has 1 aliphatic heterocycles. The highest BCUT2D eigenvalue weighted by molar-refractivity contribution is 5.97. The average Bonchev–Trinajstić information content (AvgIpc) is 3.24. The second kappa shape index (κ2) is 14.7. The van der Waals surface area contributed by atoms with Crippen LogP contribution in [0.3, 0.4) is 0 Å². The highest BCUT2D eigenvalue weighted by Crippen LogP contribution is 2.22. The van der Waals surface area contributed by atoms with Gasteiger partial charge in [0.15, 0.2) is 0 Å². The van der Waals surface area contributed by atoms with Crippen molar-refractivity contribution < 1.29 is 9.59 Å². The minimum absolute atomic E-state index is 0.104. The van der Waals surface area contributed by atoms with Crippen molar-refractivity contribution in [1.29, 1.82) is 0 Å². The number of nitrogens with zero attached hydrogens (tertiary/aromatic N) is 1. The van der Waals surface area contributed by atoms with Crippen LogP contribution in [0.4, 0.5) is 0 Å². The van der Waals surface area contributed by atoms with E-state index < -0.39 is 6.04 Å². The molecule has 1 atom stereocenters. The number of rotatable bonds is 5. The van der Waals surface area contributed by atoms with Gasteiger partial charge in [0, 0.05) is 19.6 Å². The Labute approximate surface area is 182 Å². The summed E-state index contributed by atoms with van der Waals surface area (Å²) in [5, 5.41) is 2.75. The van der Waals surface area contributed by atoms with Crippen LogP contribution in [0.1, 0.15) is 26.7 Å². The molecule has 1 saturated heterocycles. The first-order valence-electron chi connectivity index (χ1n) is 9.71. The van der Waals surface area contributed by atoms with Crippen LogP contribution in [0.25, 0.3) is 0 Å². The van der Waals surface area contributed by atoms with Gasteiger partial charge in [-0.25, -0.2) is 0 Å². The predicted octanol–water partition coefficient (Wildman–Crippen LogP) is 2.28. The van der Waals surface area contributed by atoms with Gasteiger partial charge < -0.3 is 16.0 Å². The van der Waals surface area contributed by atoms with Crippen molar-refractivity contribution in [2.75, 3.05) is 19.6 Å². The van der Waals surface area contributed by atoms with Gasteiger partial charge in [0.1, 0.15) is 6.04 Å². The molecule has 0 radical (unpaired) electrons. The number of carbonyl (C=O) groups is 2. The number of hydrogen-bond acceptors (Lipinski definition) is 3. The van der Waals surface area contributed by atoms with Gasteiger partial charge in [-0.05, 0) is 88.4 Å². The molecule has 3 N–H and O–H groups in total. The van der Waals surface area contributed by atoms with Crippen LogP contribution in [0.2, 0.25) is 0 Å². The molecule has 0 aliphatic carbocycles. The number of carbonyl (C=O) groups excluding carboxylic acids is 2. The lowest BCUT2D eigenvalue weighted by Crippen LogP contribution is -2.47. The van der Waals surface area contributed by atoms with Crippen molar-refractivity contribution in [3.63, 3.8) is 0 Å². The Morgan fingerprint density at radius 2 is 1.55 bits per heavy atom. The molecule has 2 amide bonds.